The van der Waals surface area contributed by atoms with Gasteiger partial charge in [0.25, 0.3) is 0 Å². The lowest BCUT2D eigenvalue weighted by molar-refractivity contribution is 0.171. The molecule has 20 heavy (non-hydrogen) atoms. The Kier molecular flexibility index (Phi) is 6.31. The highest BCUT2D eigenvalue weighted by Gasteiger charge is 2.27. The molecule has 1 N–H and O–H groups in total. The summed E-state index contributed by atoms with van der Waals surface area (Å²) < 4.78 is 31.4. The van der Waals surface area contributed by atoms with Crippen LogP contribution in [-0.4, -0.2) is 55.5 Å². The van der Waals surface area contributed by atoms with Crippen molar-refractivity contribution >= 4 is 16.0 Å². The van der Waals surface area contributed by atoms with Gasteiger partial charge in [-0.1, -0.05) is 0 Å². The third-order valence-corrected chi connectivity index (χ3v) is 4.69. The summed E-state index contributed by atoms with van der Waals surface area (Å²) >= 11 is 0. The molecule has 1 aromatic heterocycles. The molecule has 0 fully saturated rings. The first-order valence-corrected chi connectivity index (χ1v) is 7.94. The number of nitrogens with one attached hydrogen (secondary N) is 1. The molecule has 0 spiro atoms. The lowest BCUT2D eigenvalue weighted by atomic mass is 10.4. The van der Waals surface area contributed by atoms with Crippen molar-refractivity contribution in [2.45, 2.75) is 31.7 Å². The van der Waals surface area contributed by atoms with Gasteiger partial charge in [0.2, 0.25) is 16.0 Å². The van der Waals surface area contributed by atoms with E-state index in [1.807, 2.05) is 20.8 Å². The zero-order valence-electron chi connectivity index (χ0n) is 12.3. The Morgan fingerprint density at radius 1 is 1.35 bits per heavy atom. The van der Waals surface area contributed by atoms with Crippen molar-refractivity contribution in [2.24, 2.45) is 0 Å². The molecule has 7 nitrogen and oxygen atoms in total. The Bertz CT molecular complexity index is 502. The van der Waals surface area contributed by atoms with Gasteiger partial charge in [0.15, 0.2) is 0 Å². The standard InChI is InChI=1S/C12H22N4O3S/c1-5-13-12-14-8-11(9-15-12)20(17,18)16(10(2)3)6-7-19-4/h8-10H,5-7H2,1-4H3,(H,13,14,15). The molecule has 0 saturated heterocycles. The van der Waals surface area contributed by atoms with Gasteiger partial charge in [0, 0.05) is 26.2 Å². The molecule has 1 rings (SSSR count). The lowest BCUT2D eigenvalue weighted by Crippen LogP contribution is -2.39. The molecule has 0 atom stereocenters. The van der Waals surface area contributed by atoms with E-state index < -0.39 is 10.0 Å². The third kappa shape index (κ3) is 4.12. The average molecular weight is 302 g/mol. The summed E-state index contributed by atoms with van der Waals surface area (Å²) in [6.07, 6.45) is 2.64. The number of ether oxygens (including phenoxy) is 1. The van der Waals surface area contributed by atoms with Crippen LogP contribution in [0.4, 0.5) is 5.95 Å². The van der Waals surface area contributed by atoms with Gasteiger partial charge < -0.3 is 10.1 Å². The van der Waals surface area contributed by atoms with Crippen molar-refractivity contribution in [1.82, 2.24) is 14.3 Å². The number of rotatable bonds is 8. The normalized spacial score (nSPS) is 12.1. The van der Waals surface area contributed by atoms with Gasteiger partial charge in [0.1, 0.15) is 4.90 Å². The molecule has 1 heterocycles. The van der Waals surface area contributed by atoms with Crippen LogP contribution in [-0.2, 0) is 14.8 Å². The first-order chi connectivity index (χ1) is 9.43. The van der Waals surface area contributed by atoms with E-state index in [2.05, 4.69) is 15.3 Å². The summed E-state index contributed by atoms with van der Waals surface area (Å²) in [6.45, 7) is 6.87. The summed E-state index contributed by atoms with van der Waals surface area (Å²) in [5, 5.41) is 2.92. The number of hydrogen-bond donors (Lipinski definition) is 1. The number of methoxy groups -OCH3 is 1. The van der Waals surface area contributed by atoms with Crippen molar-refractivity contribution < 1.29 is 13.2 Å². The minimum absolute atomic E-state index is 0.0870. The minimum Gasteiger partial charge on any atom is -0.383 e. The van der Waals surface area contributed by atoms with E-state index >= 15 is 0 Å². The molecule has 0 aromatic carbocycles. The van der Waals surface area contributed by atoms with Gasteiger partial charge in [0.05, 0.1) is 19.0 Å². The topological polar surface area (TPSA) is 84.4 Å². The number of sulfonamides is 1. The summed E-state index contributed by atoms with van der Waals surface area (Å²) in [5.41, 5.74) is 0. The fraction of sp³-hybridized carbons (Fsp3) is 0.667. The monoisotopic (exact) mass is 302 g/mol. The highest BCUT2D eigenvalue weighted by atomic mass is 32.2. The maximum absolute atomic E-state index is 12.5. The third-order valence-electron chi connectivity index (χ3n) is 2.66. The summed E-state index contributed by atoms with van der Waals surface area (Å²) in [6, 6.07) is -0.163. The predicted octanol–water partition coefficient (Wildman–Crippen LogP) is 0.954. The smallest absolute Gasteiger partial charge is 0.246 e. The summed E-state index contributed by atoms with van der Waals surface area (Å²) in [4.78, 5) is 8.08. The van der Waals surface area contributed by atoms with E-state index in [0.29, 0.717) is 25.6 Å². The van der Waals surface area contributed by atoms with Crippen LogP contribution in [0.2, 0.25) is 0 Å². The number of nitrogens with zero attached hydrogens (tertiary/aromatic N) is 3. The molecule has 114 valence electrons. The Morgan fingerprint density at radius 2 is 1.95 bits per heavy atom. The molecule has 0 unspecified atom stereocenters. The molecule has 1 aromatic rings. The molecular formula is C12H22N4O3S. The van der Waals surface area contributed by atoms with E-state index in [1.165, 1.54) is 16.7 Å². The number of anilines is 1. The van der Waals surface area contributed by atoms with Crippen molar-refractivity contribution in [3.05, 3.63) is 12.4 Å². The largest absolute Gasteiger partial charge is 0.383 e. The van der Waals surface area contributed by atoms with Gasteiger partial charge in [-0.2, -0.15) is 4.31 Å². The van der Waals surface area contributed by atoms with Gasteiger partial charge in [-0.25, -0.2) is 18.4 Å². The van der Waals surface area contributed by atoms with Crippen LogP contribution < -0.4 is 5.32 Å². The maximum atomic E-state index is 12.5. The molecular weight excluding hydrogens is 280 g/mol. The van der Waals surface area contributed by atoms with Gasteiger partial charge in [-0.15, -0.1) is 0 Å². The van der Waals surface area contributed by atoms with Crippen LogP contribution in [0, 0.1) is 0 Å². The predicted molar refractivity (Wildman–Crippen MR) is 77.1 cm³/mol. The lowest BCUT2D eigenvalue weighted by Gasteiger charge is -2.25. The maximum Gasteiger partial charge on any atom is 0.246 e. The Balaban J connectivity index is 3.00. The molecule has 0 saturated carbocycles. The van der Waals surface area contributed by atoms with E-state index in [-0.39, 0.29) is 10.9 Å². The molecule has 8 heteroatoms. The Morgan fingerprint density at radius 3 is 2.40 bits per heavy atom. The zero-order valence-corrected chi connectivity index (χ0v) is 13.1. The van der Waals surface area contributed by atoms with Crippen molar-refractivity contribution in [2.75, 3.05) is 32.1 Å². The zero-order chi connectivity index (χ0) is 15.2. The highest BCUT2D eigenvalue weighted by molar-refractivity contribution is 7.89. The quantitative estimate of drug-likeness (QED) is 0.770. The van der Waals surface area contributed by atoms with Crippen LogP contribution in [0.15, 0.2) is 17.3 Å². The fourth-order valence-electron chi connectivity index (χ4n) is 1.67. The molecule has 0 bridgehead atoms. The van der Waals surface area contributed by atoms with Crippen LogP contribution in [0.5, 0.6) is 0 Å². The van der Waals surface area contributed by atoms with Crippen LogP contribution in [0.1, 0.15) is 20.8 Å². The van der Waals surface area contributed by atoms with Crippen LogP contribution in [0.25, 0.3) is 0 Å². The Hall–Kier alpha value is -1.25. The van der Waals surface area contributed by atoms with Crippen molar-refractivity contribution in [1.29, 1.82) is 0 Å². The van der Waals surface area contributed by atoms with Crippen LogP contribution >= 0.6 is 0 Å². The second-order valence-electron chi connectivity index (χ2n) is 4.48. The molecule has 0 radical (unpaired) electrons. The molecule has 0 aliphatic heterocycles. The van der Waals surface area contributed by atoms with E-state index in [9.17, 15) is 8.42 Å². The van der Waals surface area contributed by atoms with E-state index in [1.54, 1.807) is 7.11 Å². The second-order valence-corrected chi connectivity index (χ2v) is 6.37. The van der Waals surface area contributed by atoms with Gasteiger partial charge >= 0.3 is 0 Å². The van der Waals surface area contributed by atoms with E-state index in [4.69, 9.17) is 4.74 Å². The van der Waals surface area contributed by atoms with Gasteiger partial charge in [-0.3, -0.25) is 0 Å². The number of aromatic nitrogens is 2. The average Bonchev–Trinajstić information content (AvgIpc) is 2.39. The molecule has 0 aliphatic rings. The fourth-order valence-corrected chi connectivity index (χ4v) is 3.18. The highest BCUT2D eigenvalue weighted by Crippen LogP contribution is 2.17. The first kappa shape index (κ1) is 16.8. The first-order valence-electron chi connectivity index (χ1n) is 6.50. The van der Waals surface area contributed by atoms with Crippen molar-refractivity contribution in [3.8, 4) is 0 Å². The van der Waals surface area contributed by atoms with Gasteiger partial charge in [-0.05, 0) is 20.8 Å². The minimum atomic E-state index is -3.60. The summed E-state index contributed by atoms with van der Waals surface area (Å²) in [7, 11) is -2.06. The Labute approximate surface area is 120 Å². The number of hydrogen-bond acceptors (Lipinski definition) is 6. The summed E-state index contributed by atoms with van der Waals surface area (Å²) in [5.74, 6) is 0.416. The SMILES string of the molecule is CCNc1ncc(S(=O)(=O)N(CCOC)C(C)C)cn1. The molecule has 0 amide bonds. The van der Waals surface area contributed by atoms with Crippen LogP contribution in [0.3, 0.4) is 0 Å². The van der Waals surface area contributed by atoms with Crippen molar-refractivity contribution in [3.63, 3.8) is 0 Å². The van der Waals surface area contributed by atoms with E-state index in [0.717, 1.165) is 0 Å². The molecule has 0 aliphatic carbocycles. The second kappa shape index (κ2) is 7.51.